The molecular weight excluding hydrogens is 226 g/mol. The third kappa shape index (κ3) is 2.80. The van der Waals surface area contributed by atoms with Gasteiger partial charge >= 0.3 is 6.03 Å². The molecule has 1 fully saturated rings. The molecular formula is C14H17N3O. The molecule has 0 bridgehead atoms. The highest BCUT2D eigenvalue weighted by Gasteiger charge is 2.22. The molecule has 1 aromatic carbocycles. The second-order valence-electron chi connectivity index (χ2n) is 4.66. The molecule has 0 aromatic heterocycles. The van der Waals surface area contributed by atoms with Crippen molar-refractivity contribution in [1.82, 2.24) is 4.90 Å². The summed E-state index contributed by atoms with van der Waals surface area (Å²) >= 11 is 0. The van der Waals surface area contributed by atoms with Gasteiger partial charge in [0, 0.05) is 18.3 Å². The minimum Gasteiger partial charge on any atom is -0.322 e. The van der Waals surface area contributed by atoms with Crippen LogP contribution < -0.4 is 5.32 Å². The van der Waals surface area contributed by atoms with Gasteiger partial charge in [0.1, 0.15) is 0 Å². The van der Waals surface area contributed by atoms with Gasteiger partial charge in [-0.2, -0.15) is 5.26 Å². The van der Waals surface area contributed by atoms with E-state index >= 15 is 0 Å². The van der Waals surface area contributed by atoms with Crippen LogP contribution in [0.3, 0.4) is 0 Å². The molecule has 0 radical (unpaired) electrons. The number of rotatable bonds is 1. The Morgan fingerprint density at radius 1 is 1.50 bits per heavy atom. The van der Waals surface area contributed by atoms with Crippen LogP contribution in [0.5, 0.6) is 0 Å². The number of piperidine rings is 1. The molecule has 1 saturated heterocycles. The molecule has 0 aliphatic carbocycles. The number of benzene rings is 1. The van der Waals surface area contributed by atoms with E-state index in [1.807, 2.05) is 4.90 Å². The number of nitriles is 1. The van der Waals surface area contributed by atoms with Crippen LogP contribution in [0.4, 0.5) is 10.5 Å². The fourth-order valence-corrected chi connectivity index (χ4v) is 2.26. The van der Waals surface area contributed by atoms with Gasteiger partial charge in [0.25, 0.3) is 0 Å². The minimum absolute atomic E-state index is 0.0720. The van der Waals surface area contributed by atoms with Crippen LogP contribution in [0.25, 0.3) is 0 Å². The van der Waals surface area contributed by atoms with Crippen LogP contribution in [-0.2, 0) is 0 Å². The zero-order valence-electron chi connectivity index (χ0n) is 10.5. The Bertz CT molecular complexity index is 478. The summed E-state index contributed by atoms with van der Waals surface area (Å²) in [7, 11) is 0. The normalized spacial score (nSPS) is 19.1. The average Bonchev–Trinajstić information content (AvgIpc) is 2.39. The van der Waals surface area contributed by atoms with Crippen molar-refractivity contribution in [3.8, 4) is 6.07 Å². The van der Waals surface area contributed by atoms with E-state index in [-0.39, 0.29) is 12.1 Å². The number of nitrogens with zero attached hydrogens (tertiary/aromatic N) is 2. The van der Waals surface area contributed by atoms with Crippen molar-refractivity contribution in [2.45, 2.75) is 32.2 Å². The van der Waals surface area contributed by atoms with E-state index in [1.54, 1.807) is 24.3 Å². The van der Waals surface area contributed by atoms with E-state index in [9.17, 15) is 4.79 Å². The van der Waals surface area contributed by atoms with Gasteiger partial charge in [-0.25, -0.2) is 4.79 Å². The van der Waals surface area contributed by atoms with E-state index in [0.29, 0.717) is 11.3 Å². The van der Waals surface area contributed by atoms with E-state index in [1.165, 1.54) is 6.42 Å². The number of urea groups is 1. The topological polar surface area (TPSA) is 56.1 Å². The van der Waals surface area contributed by atoms with Crippen molar-refractivity contribution in [3.05, 3.63) is 29.8 Å². The Hall–Kier alpha value is -2.02. The molecule has 18 heavy (non-hydrogen) atoms. The van der Waals surface area contributed by atoms with Crippen LogP contribution in [0.15, 0.2) is 24.3 Å². The van der Waals surface area contributed by atoms with E-state index in [2.05, 4.69) is 18.3 Å². The number of hydrogen-bond donors (Lipinski definition) is 1. The fourth-order valence-electron chi connectivity index (χ4n) is 2.26. The van der Waals surface area contributed by atoms with Gasteiger partial charge < -0.3 is 10.2 Å². The molecule has 1 aromatic rings. The lowest BCUT2D eigenvalue weighted by atomic mass is 10.0. The predicted molar refractivity (Wildman–Crippen MR) is 70.2 cm³/mol. The summed E-state index contributed by atoms with van der Waals surface area (Å²) in [6.07, 6.45) is 3.32. The molecule has 0 saturated carbocycles. The molecule has 1 atom stereocenters. The summed E-state index contributed by atoms with van der Waals surface area (Å²) in [5, 5.41) is 11.7. The van der Waals surface area contributed by atoms with Crippen LogP contribution >= 0.6 is 0 Å². The first-order valence-electron chi connectivity index (χ1n) is 6.28. The Morgan fingerprint density at radius 2 is 2.33 bits per heavy atom. The maximum absolute atomic E-state index is 12.1. The van der Waals surface area contributed by atoms with Crippen molar-refractivity contribution in [3.63, 3.8) is 0 Å². The first kappa shape index (κ1) is 12.4. The SMILES string of the molecule is CC1CCCCN1C(=O)Nc1cccc(C#N)c1. The monoisotopic (exact) mass is 243 g/mol. The number of anilines is 1. The number of carbonyl (C=O) groups is 1. The number of nitrogens with one attached hydrogen (secondary N) is 1. The summed E-state index contributed by atoms with van der Waals surface area (Å²) in [5.74, 6) is 0. The molecule has 2 amide bonds. The Kier molecular flexibility index (Phi) is 3.83. The van der Waals surface area contributed by atoms with Gasteiger partial charge in [0.05, 0.1) is 11.6 Å². The summed E-state index contributed by atoms with van der Waals surface area (Å²) in [6, 6.07) is 9.26. The highest BCUT2D eigenvalue weighted by atomic mass is 16.2. The highest BCUT2D eigenvalue weighted by Crippen LogP contribution is 2.18. The molecule has 2 rings (SSSR count). The lowest BCUT2D eigenvalue weighted by Gasteiger charge is -2.33. The van der Waals surface area contributed by atoms with Gasteiger partial charge in [-0.1, -0.05) is 6.07 Å². The van der Waals surface area contributed by atoms with Crippen LogP contribution in [0, 0.1) is 11.3 Å². The lowest BCUT2D eigenvalue weighted by Crippen LogP contribution is -2.44. The number of amides is 2. The summed E-state index contributed by atoms with van der Waals surface area (Å²) in [6.45, 7) is 2.88. The zero-order chi connectivity index (χ0) is 13.0. The van der Waals surface area contributed by atoms with Gasteiger partial charge in [-0.3, -0.25) is 0 Å². The molecule has 1 heterocycles. The maximum Gasteiger partial charge on any atom is 0.322 e. The summed E-state index contributed by atoms with van der Waals surface area (Å²) in [4.78, 5) is 14.0. The van der Waals surface area contributed by atoms with Crippen molar-refractivity contribution in [1.29, 1.82) is 5.26 Å². The first-order chi connectivity index (χ1) is 8.70. The van der Waals surface area contributed by atoms with E-state index in [0.717, 1.165) is 19.4 Å². The quantitative estimate of drug-likeness (QED) is 0.824. The number of likely N-dealkylation sites (tertiary alicyclic amines) is 1. The molecule has 1 unspecified atom stereocenters. The lowest BCUT2D eigenvalue weighted by molar-refractivity contribution is 0.170. The zero-order valence-corrected chi connectivity index (χ0v) is 10.5. The molecule has 0 spiro atoms. The molecule has 1 N–H and O–H groups in total. The smallest absolute Gasteiger partial charge is 0.322 e. The standard InChI is InChI=1S/C14H17N3O/c1-11-5-2-3-8-17(11)14(18)16-13-7-4-6-12(9-13)10-15/h4,6-7,9,11H,2-3,5,8H2,1H3,(H,16,18). The van der Waals surface area contributed by atoms with E-state index < -0.39 is 0 Å². The van der Waals surface area contributed by atoms with Crippen molar-refractivity contribution >= 4 is 11.7 Å². The maximum atomic E-state index is 12.1. The fraction of sp³-hybridized carbons (Fsp3) is 0.429. The third-order valence-corrected chi connectivity index (χ3v) is 3.31. The largest absolute Gasteiger partial charge is 0.322 e. The van der Waals surface area contributed by atoms with Crippen molar-refractivity contribution in [2.24, 2.45) is 0 Å². The predicted octanol–water partition coefficient (Wildman–Crippen LogP) is 2.96. The Labute approximate surface area is 107 Å². The van der Waals surface area contributed by atoms with Gasteiger partial charge in [-0.05, 0) is 44.4 Å². The second kappa shape index (κ2) is 5.54. The van der Waals surface area contributed by atoms with Crippen LogP contribution in [0.2, 0.25) is 0 Å². The molecule has 94 valence electrons. The Balaban J connectivity index is 2.04. The van der Waals surface area contributed by atoms with Gasteiger partial charge in [0.15, 0.2) is 0 Å². The first-order valence-corrected chi connectivity index (χ1v) is 6.28. The summed E-state index contributed by atoms with van der Waals surface area (Å²) < 4.78 is 0. The average molecular weight is 243 g/mol. The van der Waals surface area contributed by atoms with Crippen LogP contribution in [0.1, 0.15) is 31.7 Å². The Morgan fingerprint density at radius 3 is 3.06 bits per heavy atom. The van der Waals surface area contributed by atoms with E-state index in [4.69, 9.17) is 5.26 Å². The van der Waals surface area contributed by atoms with Crippen molar-refractivity contribution < 1.29 is 4.79 Å². The third-order valence-electron chi connectivity index (χ3n) is 3.31. The second-order valence-corrected chi connectivity index (χ2v) is 4.66. The molecule has 4 nitrogen and oxygen atoms in total. The molecule has 4 heteroatoms. The van der Waals surface area contributed by atoms with Crippen molar-refractivity contribution in [2.75, 3.05) is 11.9 Å². The molecule has 1 aliphatic heterocycles. The highest BCUT2D eigenvalue weighted by molar-refractivity contribution is 5.89. The molecule has 1 aliphatic rings. The number of hydrogen-bond acceptors (Lipinski definition) is 2. The van der Waals surface area contributed by atoms with Gasteiger partial charge in [-0.15, -0.1) is 0 Å². The summed E-state index contributed by atoms with van der Waals surface area (Å²) in [5.41, 5.74) is 1.23. The minimum atomic E-state index is -0.0720. The van der Waals surface area contributed by atoms with Crippen LogP contribution in [-0.4, -0.2) is 23.5 Å². The number of carbonyl (C=O) groups excluding carboxylic acids is 1. The van der Waals surface area contributed by atoms with Gasteiger partial charge in [0.2, 0.25) is 0 Å².